The molecule has 0 spiro atoms. The van der Waals surface area contributed by atoms with Gasteiger partial charge in [-0.25, -0.2) is 4.39 Å². The molecule has 1 fully saturated rings. The summed E-state index contributed by atoms with van der Waals surface area (Å²) in [6, 6.07) is 5.06. The van der Waals surface area contributed by atoms with Crippen LogP contribution in [0.1, 0.15) is 63.6 Å². The zero-order valence-electron chi connectivity index (χ0n) is 12.0. The van der Waals surface area contributed by atoms with E-state index in [-0.39, 0.29) is 16.6 Å². The van der Waals surface area contributed by atoms with Crippen molar-refractivity contribution in [2.45, 2.75) is 57.2 Å². The molecule has 0 aromatic heterocycles. The van der Waals surface area contributed by atoms with Crippen molar-refractivity contribution in [1.29, 1.82) is 0 Å². The minimum absolute atomic E-state index is 0.227. The number of hydrogen-bond donors (Lipinski definition) is 1. The van der Waals surface area contributed by atoms with Crippen molar-refractivity contribution in [3.8, 4) is 0 Å². The molecule has 0 heterocycles. The zero-order chi connectivity index (χ0) is 14.2. The summed E-state index contributed by atoms with van der Waals surface area (Å²) < 4.78 is 28.6. The normalized spacial score (nSPS) is 19.3. The molecule has 0 saturated heterocycles. The van der Waals surface area contributed by atoms with E-state index in [9.17, 15) is 8.94 Å². The summed E-state index contributed by atoms with van der Waals surface area (Å²) in [5, 5.41) is 0. The molecule has 1 aromatic rings. The van der Waals surface area contributed by atoms with Crippen LogP contribution < -0.4 is 4.72 Å². The molecule has 19 heavy (non-hydrogen) atoms. The van der Waals surface area contributed by atoms with Gasteiger partial charge in [0.05, 0.1) is 6.04 Å². The lowest BCUT2D eigenvalue weighted by molar-refractivity contribution is 0.522. The quantitative estimate of drug-likeness (QED) is 0.853. The third-order valence-corrected chi connectivity index (χ3v) is 5.06. The molecule has 1 saturated carbocycles. The van der Waals surface area contributed by atoms with Crippen molar-refractivity contribution in [3.63, 3.8) is 0 Å². The second-order valence-corrected chi connectivity index (χ2v) is 8.27. The molecule has 1 N–H and O–H groups in total. The lowest BCUT2D eigenvalue weighted by atomic mass is 10.0. The Bertz CT molecular complexity index is 454. The molecular formula is C15H22FNOS. The fraction of sp³-hybridized carbons (Fsp3) is 0.600. The van der Waals surface area contributed by atoms with Gasteiger partial charge in [-0.3, -0.25) is 0 Å². The highest BCUT2D eigenvalue weighted by Crippen LogP contribution is 2.41. The molecule has 1 aromatic carbocycles. The van der Waals surface area contributed by atoms with E-state index in [2.05, 4.69) is 4.72 Å². The van der Waals surface area contributed by atoms with Gasteiger partial charge < -0.3 is 4.55 Å². The van der Waals surface area contributed by atoms with E-state index in [0.29, 0.717) is 11.5 Å². The summed E-state index contributed by atoms with van der Waals surface area (Å²) in [5.74, 6) is 0.370. The van der Waals surface area contributed by atoms with Gasteiger partial charge in [0.2, 0.25) is 0 Å². The molecule has 106 valence electrons. The van der Waals surface area contributed by atoms with E-state index in [1.807, 2.05) is 39.8 Å². The van der Waals surface area contributed by atoms with Gasteiger partial charge >= 0.3 is 0 Å². The lowest BCUT2D eigenvalue weighted by Crippen LogP contribution is -2.40. The van der Waals surface area contributed by atoms with Gasteiger partial charge in [0.1, 0.15) is 10.6 Å². The van der Waals surface area contributed by atoms with Crippen LogP contribution in [0.2, 0.25) is 0 Å². The first-order valence-electron chi connectivity index (χ1n) is 6.76. The zero-order valence-corrected chi connectivity index (χ0v) is 12.8. The Labute approximate surface area is 118 Å². The highest BCUT2D eigenvalue weighted by molar-refractivity contribution is 7.90. The second kappa shape index (κ2) is 5.43. The number of nitrogens with one attached hydrogen (secondary N) is 1. The maximum absolute atomic E-state index is 13.9. The fourth-order valence-electron chi connectivity index (χ4n) is 1.97. The van der Waals surface area contributed by atoms with Crippen LogP contribution in [0.4, 0.5) is 4.39 Å². The average molecular weight is 283 g/mol. The molecule has 1 aliphatic rings. The molecular weight excluding hydrogens is 261 g/mol. The summed E-state index contributed by atoms with van der Waals surface area (Å²) in [7, 11) is 0. The first kappa shape index (κ1) is 14.8. The van der Waals surface area contributed by atoms with E-state index < -0.39 is 11.4 Å². The molecule has 2 nitrogen and oxygen atoms in total. The van der Waals surface area contributed by atoms with Crippen LogP contribution in [-0.2, 0) is 11.4 Å². The summed E-state index contributed by atoms with van der Waals surface area (Å²) in [6.45, 7) is 7.57. The van der Waals surface area contributed by atoms with E-state index in [1.165, 1.54) is 24.5 Å². The second-order valence-electron chi connectivity index (χ2n) is 6.28. The van der Waals surface area contributed by atoms with Crippen LogP contribution in [-0.4, -0.2) is 9.30 Å². The van der Waals surface area contributed by atoms with E-state index in [0.717, 1.165) is 0 Å². The van der Waals surface area contributed by atoms with Gasteiger partial charge in [-0.15, -0.1) is 4.72 Å². The molecule has 2 rings (SSSR count). The van der Waals surface area contributed by atoms with Gasteiger partial charge in [-0.2, -0.15) is 0 Å². The van der Waals surface area contributed by atoms with Crippen LogP contribution in [0.5, 0.6) is 0 Å². The van der Waals surface area contributed by atoms with Crippen LogP contribution >= 0.6 is 0 Å². The third kappa shape index (κ3) is 3.71. The van der Waals surface area contributed by atoms with Crippen molar-refractivity contribution in [2.24, 2.45) is 0 Å². The Morgan fingerprint density at radius 2 is 2.00 bits per heavy atom. The standard InChI is InChI=1S/C15H22FNOS/c1-10(17-19(18)15(2,3)4)13-9-12(11-5-6-11)7-8-14(13)16/h7-11,17H,5-6H2,1-4H3/t10?,19-/m1/s1. The molecule has 0 bridgehead atoms. The van der Waals surface area contributed by atoms with Crippen LogP contribution in [0, 0.1) is 5.82 Å². The van der Waals surface area contributed by atoms with Gasteiger partial charge in [-0.05, 0) is 58.1 Å². The fourth-order valence-corrected chi connectivity index (χ4v) is 2.77. The Hall–Kier alpha value is -0.580. The smallest absolute Gasteiger partial charge is 0.136 e. The molecule has 1 unspecified atom stereocenters. The number of benzene rings is 1. The predicted octanol–water partition coefficient (Wildman–Crippen LogP) is 3.82. The van der Waals surface area contributed by atoms with Crippen LogP contribution in [0.3, 0.4) is 0 Å². The van der Waals surface area contributed by atoms with Crippen LogP contribution in [0.25, 0.3) is 0 Å². The van der Waals surface area contributed by atoms with Crippen LogP contribution in [0.15, 0.2) is 18.2 Å². The van der Waals surface area contributed by atoms with Crippen molar-refractivity contribution in [3.05, 3.63) is 35.1 Å². The topological polar surface area (TPSA) is 35.1 Å². The Balaban J connectivity index is 2.13. The largest absolute Gasteiger partial charge is 0.598 e. The van der Waals surface area contributed by atoms with Gasteiger partial charge in [0.15, 0.2) is 0 Å². The Morgan fingerprint density at radius 3 is 2.53 bits per heavy atom. The number of hydrogen-bond acceptors (Lipinski definition) is 2. The summed E-state index contributed by atoms with van der Waals surface area (Å²) in [5.41, 5.74) is 1.81. The van der Waals surface area contributed by atoms with Gasteiger partial charge in [-0.1, -0.05) is 12.1 Å². The van der Waals surface area contributed by atoms with Crippen molar-refractivity contribution >= 4 is 11.4 Å². The van der Waals surface area contributed by atoms with Crippen molar-refractivity contribution in [2.75, 3.05) is 0 Å². The minimum atomic E-state index is -1.19. The summed E-state index contributed by atoms with van der Waals surface area (Å²) >= 11 is -1.19. The van der Waals surface area contributed by atoms with Gasteiger partial charge in [0.25, 0.3) is 0 Å². The molecule has 0 amide bonds. The maximum Gasteiger partial charge on any atom is 0.136 e. The SMILES string of the molecule is CC(N[S@+]([O-])C(C)(C)C)c1cc(C2CC2)ccc1F. The average Bonchev–Trinajstić information content (AvgIpc) is 3.12. The van der Waals surface area contributed by atoms with E-state index >= 15 is 0 Å². The maximum atomic E-state index is 13.9. The van der Waals surface area contributed by atoms with Crippen molar-refractivity contribution in [1.82, 2.24) is 4.72 Å². The summed E-state index contributed by atoms with van der Waals surface area (Å²) in [6.07, 6.45) is 2.39. The molecule has 1 aliphatic carbocycles. The lowest BCUT2D eigenvalue weighted by Gasteiger charge is -2.26. The molecule has 0 radical (unpaired) electrons. The van der Waals surface area contributed by atoms with E-state index in [1.54, 1.807) is 0 Å². The molecule has 0 aliphatic heterocycles. The first-order valence-corrected chi connectivity index (χ1v) is 7.91. The predicted molar refractivity (Wildman–Crippen MR) is 77.8 cm³/mol. The number of rotatable bonds is 4. The Morgan fingerprint density at radius 1 is 1.37 bits per heavy atom. The highest BCUT2D eigenvalue weighted by Gasteiger charge is 2.30. The van der Waals surface area contributed by atoms with Gasteiger partial charge in [0, 0.05) is 16.9 Å². The van der Waals surface area contributed by atoms with Crippen molar-refractivity contribution < 1.29 is 8.94 Å². The molecule has 2 atom stereocenters. The summed E-state index contributed by atoms with van der Waals surface area (Å²) in [4.78, 5) is 0. The first-order chi connectivity index (χ1) is 8.79. The Kier molecular flexibility index (Phi) is 4.23. The third-order valence-electron chi connectivity index (χ3n) is 3.38. The monoisotopic (exact) mass is 283 g/mol. The molecule has 4 heteroatoms. The van der Waals surface area contributed by atoms with E-state index in [4.69, 9.17) is 0 Å². The highest BCUT2D eigenvalue weighted by atomic mass is 32.2. The minimum Gasteiger partial charge on any atom is -0.598 e. The number of halogens is 1.